The minimum Gasteiger partial charge on any atom is -0.464 e. The number of ether oxygens (including phenoxy) is 1. The van der Waals surface area contributed by atoms with Crippen molar-refractivity contribution in [3.05, 3.63) is 18.1 Å². The number of carbonyl (C=O) groups is 2. The van der Waals surface area contributed by atoms with E-state index in [2.05, 4.69) is 25.3 Å². The molecule has 0 aromatic carbocycles. The average Bonchev–Trinajstić information content (AvgIpc) is 2.42. The number of nitrogens with one attached hydrogen (secondary N) is 2. The molecule has 7 nitrogen and oxygen atoms in total. The van der Waals surface area contributed by atoms with E-state index in [0.29, 0.717) is 12.4 Å². The van der Waals surface area contributed by atoms with Gasteiger partial charge >= 0.3 is 5.97 Å². The van der Waals surface area contributed by atoms with Gasteiger partial charge < -0.3 is 15.4 Å². The number of carbonyl (C=O) groups excluding carboxylic acids is 2. The standard InChI is InChI=1S/C11H16N4O3/c1-3-4-12-10(16)7-15-9-6-13-8(5-14-9)11(17)18-2/h5-6H,3-4,7H2,1-2H3,(H,12,16)(H,14,15). The van der Waals surface area contributed by atoms with Crippen molar-refractivity contribution in [1.82, 2.24) is 15.3 Å². The molecule has 0 aliphatic carbocycles. The maximum Gasteiger partial charge on any atom is 0.358 e. The Morgan fingerprint density at radius 2 is 2.11 bits per heavy atom. The van der Waals surface area contributed by atoms with E-state index in [1.807, 2.05) is 6.92 Å². The molecule has 1 heterocycles. The van der Waals surface area contributed by atoms with Gasteiger partial charge in [0.15, 0.2) is 5.69 Å². The van der Waals surface area contributed by atoms with Gasteiger partial charge in [-0.3, -0.25) is 4.79 Å². The van der Waals surface area contributed by atoms with Crippen LogP contribution in [0.1, 0.15) is 23.8 Å². The molecular weight excluding hydrogens is 236 g/mol. The molecule has 7 heteroatoms. The van der Waals surface area contributed by atoms with Crippen LogP contribution >= 0.6 is 0 Å². The van der Waals surface area contributed by atoms with Crippen LogP contribution in [0.25, 0.3) is 0 Å². The van der Waals surface area contributed by atoms with E-state index in [1.165, 1.54) is 19.5 Å². The molecule has 18 heavy (non-hydrogen) atoms. The molecule has 1 aromatic heterocycles. The van der Waals surface area contributed by atoms with Gasteiger partial charge in [0.2, 0.25) is 5.91 Å². The summed E-state index contributed by atoms with van der Waals surface area (Å²) in [4.78, 5) is 30.2. The van der Waals surface area contributed by atoms with Crippen molar-refractivity contribution in [3.8, 4) is 0 Å². The van der Waals surface area contributed by atoms with E-state index in [9.17, 15) is 9.59 Å². The zero-order valence-corrected chi connectivity index (χ0v) is 10.4. The Labute approximate surface area is 105 Å². The van der Waals surface area contributed by atoms with Gasteiger partial charge in [-0.2, -0.15) is 0 Å². The smallest absolute Gasteiger partial charge is 0.358 e. The molecule has 0 aliphatic rings. The fourth-order valence-electron chi connectivity index (χ4n) is 1.13. The predicted octanol–water partition coefficient (Wildman–Crippen LogP) is 0.201. The minimum atomic E-state index is -0.547. The van der Waals surface area contributed by atoms with Crippen LogP contribution < -0.4 is 10.6 Å². The van der Waals surface area contributed by atoms with Crippen LogP contribution in [0.5, 0.6) is 0 Å². The largest absolute Gasteiger partial charge is 0.464 e. The molecule has 0 bridgehead atoms. The van der Waals surface area contributed by atoms with E-state index in [1.54, 1.807) is 0 Å². The third-order valence-corrected chi connectivity index (χ3v) is 2.05. The summed E-state index contributed by atoms with van der Waals surface area (Å²) in [5, 5.41) is 5.52. The molecule has 0 fully saturated rings. The Hall–Kier alpha value is -2.18. The van der Waals surface area contributed by atoms with Gasteiger partial charge in [0.25, 0.3) is 0 Å². The summed E-state index contributed by atoms with van der Waals surface area (Å²) in [6.45, 7) is 2.74. The van der Waals surface area contributed by atoms with Gasteiger partial charge in [-0.15, -0.1) is 0 Å². The third kappa shape index (κ3) is 4.36. The summed E-state index contributed by atoms with van der Waals surface area (Å²) in [6.07, 6.45) is 3.55. The Kier molecular flexibility index (Phi) is 5.56. The fraction of sp³-hybridized carbons (Fsp3) is 0.455. The Morgan fingerprint density at radius 1 is 1.33 bits per heavy atom. The summed E-state index contributed by atoms with van der Waals surface area (Å²) >= 11 is 0. The van der Waals surface area contributed by atoms with Gasteiger partial charge in [0.1, 0.15) is 5.82 Å². The highest BCUT2D eigenvalue weighted by atomic mass is 16.5. The molecule has 0 unspecified atom stereocenters. The molecule has 0 saturated carbocycles. The summed E-state index contributed by atoms with van der Waals surface area (Å²) in [6, 6.07) is 0. The van der Waals surface area contributed by atoms with Gasteiger partial charge in [0.05, 0.1) is 26.0 Å². The van der Waals surface area contributed by atoms with Gasteiger partial charge in [0, 0.05) is 6.54 Å². The molecule has 1 amide bonds. The van der Waals surface area contributed by atoms with E-state index in [-0.39, 0.29) is 18.1 Å². The average molecular weight is 252 g/mol. The van der Waals surface area contributed by atoms with E-state index in [4.69, 9.17) is 0 Å². The van der Waals surface area contributed by atoms with Crippen molar-refractivity contribution in [2.24, 2.45) is 0 Å². The van der Waals surface area contributed by atoms with Crippen molar-refractivity contribution in [3.63, 3.8) is 0 Å². The molecule has 0 radical (unpaired) electrons. The SMILES string of the molecule is CCCNC(=O)CNc1cnc(C(=O)OC)cn1. The zero-order valence-electron chi connectivity index (χ0n) is 10.4. The number of rotatable bonds is 6. The van der Waals surface area contributed by atoms with E-state index in [0.717, 1.165) is 6.42 Å². The second kappa shape index (κ2) is 7.21. The van der Waals surface area contributed by atoms with Crippen LogP contribution in [0.2, 0.25) is 0 Å². The highest BCUT2D eigenvalue weighted by Crippen LogP contribution is 2.01. The van der Waals surface area contributed by atoms with Crippen molar-refractivity contribution in [1.29, 1.82) is 0 Å². The fourth-order valence-corrected chi connectivity index (χ4v) is 1.13. The third-order valence-electron chi connectivity index (χ3n) is 2.05. The molecule has 0 aliphatic heterocycles. The molecule has 98 valence electrons. The lowest BCUT2D eigenvalue weighted by Gasteiger charge is -2.06. The summed E-state index contributed by atoms with van der Waals surface area (Å²) in [5.41, 5.74) is 0.124. The number of nitrogens with zero attached hydrogens (tertiary/aromatic N) is 2. The first kappa shape index (κ1) is 13.9. The minimum absolute atomic E-state index is 0.115. The maximum atomic E-state index is 11.3. The van der Waals surface area contributed by atoms with E-state index < -0.39 is 5.97 Å². The van der Waals surface area contributed by atoms with Crippen LogP contribution in [0.3, 0.4) is 0 Å². The number of esters is 1. The number of hydrogen-bond acceptors (Lipinski definition) is 6. The molecule has 0 spiro atoms. The van der Waals surface area contributed by atoms with Crippen LogP contribution in [0, 0.1) is 0 Å². The normalized spacial score (nSPS) is 9.67. The lowest BCUT2D eigenvalue weighted by Crippen LogP contribution is -2.30. The molecular formula is C11H16N4O3. The lowest BCUT2D eigenvalue weighted by molar-refractivity contribution is -0.119. The van der Waals surface area contributed by atoms with Gasteiger partial charge in [-0.25, -0.2) is 14.8 Å². The number of hydrogen-bond donors (Lipinski definition) is 2. The highest BCUT2D eigenvalue weighted by molar-refractivity contribution is 5.86. The molecule has 2 N–H and O–H groups in total. The Balaban J connectivity index is 2.44. The zero-order chi connectivity index (χ0) is 13.4. The van der Waals surface area contributed by atoms with Crippen LogP contribution in [-0.2, 0) is 9.53 Å². The van der Waals surface area contributed by atoms with Crippen LogP contribution in [-0.4, -0.2) is 42.0 Å². The van der Waals surface area contributed by atoms with Crippen LogP contribution in [0.4, 0.5) is 5.82 Å². The number of anilines is 1. The topological polar surface area (TPSA) is 93.2 Å². The maximum absolute atomic E-state index is 11.3. The van der Waals surface area contributed by atoms with Crippen LogP contribution in [0.15, 0.2) is 12.4 Å². The monoisotopic (exact) mass is 252 g/mol. The van der Waals surface area contributed by atoms with Crippen molar-refractivity contribution in [2.75, 3.05) is 25.5 Å². The first-order valence-corrected chi connectivity index (χ1v) is 5.58. The van der Waals surface area contributed by atoms with Gasteiger partial charge in [-0.1, -0.05) is 6.92 Å². The molecule has 1 aromatic rings. The second-order valence-electron chi connectivity index (χ2n) is 3.48. The first-order valence-electron chi connectivity index (χ1n) is 5.58. The molecule has 0 saturated heterocycles. The number of methoxy groups -OCH3 is 1. The van der Waals surface area contributed by atoms with Crippen molar-refractivity contribution in [2.45, 2.75) is 13.3 Å². The Morgan fingerprint density at radius 3 is 2.67 bits per heavy atom. The first-order chi connectivity index (χ1) is 8.67. The molecule has 1 rings (SSSR count). The number of aromatic nitrogens is 2. The highest BCUT2D eigenvalue weighted by Gasteiger charge is 2.07. The number of amides is 1. The second-order valence-corrected chi connectivity index (χ2v) is 3.48. The summed E-state index contributed by atoms with van der Waals surface area (Å²) in [7, 11) is 1.27. The summed E-state index contributed by atoms with van der Waals surface area (Å²) < 4.78 is 4.49. The van der Waals surface area contributed by atoms with Gasteiger partial charge in [-0.05, 0) is 6.42 Å². The quantitative estimate of drug-likeness (QED) is 0.702. The lowest BCUT2D eigenvalue weighted by atomic mass is 10.4. The molecule has 0 atom stereocenters. The Bertz CT molecular complexity index is 405. The van der Waals surface area contributed by atoms with Crippen molar-refractivity contribution >= 4 is 17.7 Å². The predicted molar refractivity (Wildman–Crippen MR) is 65.2 cm³/mol. The van der Waals surface area contributed by atoms with Crippen molar-refractivity contribution < 1.29 is 14.3 Å². The van der Waals surface area contributed by atoms with E-state index >= 15 is 0 Å². The summed E-state index contributed by atoms with van der Waals surface area (Å²) in [5.74, 6) is -0.236.